The van der Waals surface area contributed by atoms with Crippen LogP contribution >= 0.6 is 0 Å². The SMILES string of the molecule is C=C(C)/C(C)=C\C=C(/CC)C1CCC(=O)NC1=O.CCCC(=O)CCC(C)C. The van der Waals surface area contributed by atoms with E-state index in [2.05, 4.69) is 25.7 Å². The molecule has 1 fully saturated rings. The van der Waals surface area contributed by atoms with Gasteiger partial charge in [-0.3, -0.25) is 19.7 Å². The van der Waals surface area contributed by atoms with Crippen LogP contribution in [0, 0.1) is 11.8 Å². The number of imide groups is 1. The van der Waals surface area contributed by atoms with Crippen molar-refractivity contribution in [2.24, 2.45) is 11.8 Å². The zero-order chi connectivity index (χ0) is 21.7. The summed E-state index contributed by atoms with van der Waals surface area (Å²) in [6.45, 7) is 16.2. The molecule has 0 radical (unpaired) electrons. The maximum Gasteiger partial charge on any atom is 0.233 e. The van der Waals surface area contributed by atoms with E-state index in [1.807, 2.05) is 39.8 Å². The van der Waals surface area contributed by atoms with E-state index in [0.29, 0.717) is 24.5 Å². The summed E-state index contributed by atoms with van der Waals surface area (Å²) >= 11 is 0. The molecule has 4 heteroatoms. The first-order chi connectivity index (χ1) is 13.1. The molecule has 4 nitrogen and oxygen atoms in total. The summed E-state index contributed by atoms with van der Waals surface area (Å²) in [5, 5.41) is 2.40. The van der Waals surface area contributed by atoms with Gasteiger partial charge in [0.05, 0.1) is 5.92 Å². The number of carbonyl (C=O) groups excluding carboxylic acids is 3. The average molecular weight is 390 g/mol. The molecule has 2 amide bonds. The minimum absolute atomic E-state index is 0.165. The van der Waals surface area contributed by atoms with E-state index in [-0.39, 0.29) is 17.7 Å². The monoisotopic (exact) mass is 389 g/mol. The molecule has 1 heterocycles. The number of hydrogen-bond acceptors (Lipinski definition) is 3. The van der Waals surface area contributed by atoms with Crippen LogP contribution in [0.1, 0.15) is 86.5 Å². The maximum atomic E-state index is 11.8. The van der Waals surface area contributed by atoms with Gasteiger partial charge in [0.1, 0.15) is 5.78 Å². The molecule has 0 aromatic heterocycles. The second kappa shape index (κ2) is 14.1. The highest BCUT2D eigenvalue weighted by Gasteiger charge is 2.28. The van der Waals surface area contributed by atoms with Crippen molar-refractivity contribution < 1.29 is 14.4 Å². The van der Waals surface area contributed by atoms with Crippen LogP contribution in [0.15, 0.2) is 35.5 Å². The Morgan fingerprint density at radius 2 is 1.82 bits per heavy atom. The van der Waals surface area contributed by atoms with Gasteiger partial charge >= 0.3 is 0 Å². The van der Waals surface area contributed by atoms with Crippen LogP contribution in [0.5, 0.6) is 0 Å². The Hall–Kier alpha value is -1.97. The Morgan fingerprint density at radius 3 is 2.29 bits per heavy atom. The molecule has 1 aliphatic rings. The molecule has 1 aliphatic heterocycles. The van der Waals surface area contributed by atoms with Gasteiger partial charge < -0.3 is 0 Å². The standard InChI is InChI=1S/C15H21NO2.C9H18O/c1-5-12(7-6-11(4)10(2)3)13-8-9-14(17)16-15(13)18;1-4-5-9(10)7-6-8(2)3/h6-7,13H,2,5,8-9H2,1,3-4H3,(H,16,17,18);8H,4-7H2,1-3H3/b11-6-,12-7+;. The van der Waals surface area contributed by atoms with Crippen LogP contribution in [0.2, 0.25) is 0 Å². The minimum atomic E-state index is -0.166. The predicted octanol–water partition coefficient (Wildman–Crippen LogP) is 5.69. The smallest absolute Gasteiger partial charge is 0.233 e. The van der Waals surface area contributed by atoms with Gasteiger partial charge in [-0.25, -0.2) is 0 Å². The lowest BCUT2D eigenvalue weighted by Crippen LogP contribution is -2.41. The highest BCUT2D eigenvalue weighted by Crippen LogP contribution is 2.24. The molecule has 1 atom stereocenters. The first kappa shape index (κ1) is 26.0. The fraction of sp³-hybridized carbons (Fsp3) is 0.625. The third-order valence-corrected chi connectivity index (χ3v) is 4.84. The van der Waals surface area contributed by atoms with Crippen LogP contribution in [0.3, 0.4) is 0 Å². The third-order valence-electron chi connectivity index (χ3n) is 4.84. The summed E-state index contributed by atoms with van der Waals surface area (Å²) in [5.74, 6) is 0.597. The zero-order valence-corrected chi connectivity index (χ0v) is 18.7. The largest absolute Gasteiger partial charge is 0.300 e. The van der Waals surface area contributed by atoms with Crippen molar-refractivity contribution >= 4 is 17.6 Å². The zero-order valence-electron chi connectivity index (χ0n) is 18.7. The number of rotatable bonds is 9. The summed E-state index contributed by atoms with van der Waals surface area (Å²) in [5.41, 5.74) is 3.19. The second-order valence-corrected chi connectivity index (χ2v) is 7.95. The van der Waals surface area contributed by atoms with Crippen molar-refractivity contribution in [1.29, 1.82) is 0 Å². The van der Waals surface area contributed by atoms with E-state index < -0.39 is 0 Å². The Balaban J connectivity index is 0.000000621. The van der Waals surface area contributed by atoms with Crippen LogP contribution in [0.25, 0.3) is 0 Å². The second-order valence-electron chi connectivity index (χ2n) is 7.95. The van der Waals surface area contributed by atoms with E-state index in [9.17, 15) is 14.4 Å². The predicted molar refractivity (Wildman–Crippen MR) is 117 cm³/mol. The van der Waals surface area contributed by atoms with Crippen LogP contribution in [0.4, 0.5) is 0 Å². The highest BCUT2D eigenvalue weighted by atomic mass is 16.2. The fourth-order valence-electron chi connectivity index (χ4n) is 2.76. The van der Waals surface area contributed by atoms with Crippen molar-refractivity contribution in [3.63, 3.8) is 0 Å². The van der Waals surface area contributed by atoms with E-state index in [4.69, 9.17) is 0 Å². The normalized spacial score (nSPS) is 17.8. The number of ketones is 1. The topological polar surface area (TPSA) is 63.2 Å². The number of piperidine rings is 1. The molecule has 0 saturated carbocycles. The molecule has 0 bridgehead atoms. The number of amides is 2. The molecule has 28 heavy (non-hydrogen) atoms. The first-order valence-electron chi connectivity index (χ1n) is 10.5. The van der Waals surface area contributed by atoms with Gasteiger partial charge in [0.15, 0.2) is 0 Å². The molecular formula is C24H39NO3. The van der Waals surface area contributed by atoms with Crippen LogP contribution < -0.4 is 5.32 Å². The number of allylic oxidation sites excluding steroid dienone is 4. The summed E-state index contributed by atoms with van der Waals surface area (Å²) in [4.78, 5) is 33.8. The summed E-state index contributed by atoms with van der Waals surface area (Å²) in [6.07, 6.45) is 9.44. The van der Waals surface area contributed by atoms with Gasteiger partial charge in [-0.05, 0) is 51.0 Å². The Bertz CT molecular complexity index is 611. The molecular weight excluding hydrogens is 350 g/mol. The van der Waals surface area contributed by atoms with Crippen molar-refractivity contribution in [2.45, 2.75) is 86.5 Å². The van der Waals surface area contributed by atoms with Crippen molar-refractivity contribution in [1.82, 2.24) is 5.32 Å². The lowest BCUT2D eigenvalue weighted by Gasteiger charge is -2.22. The molecule has 0 aromatic rings. The quantitative estimate of drug-likeness (QED) is 0.407. The van der Waals surface area contributed by atoms with Crippen molar-refractivity contribution in [3.8, 4) is 0 Å². The van der Waals surface area contributed by atoms with Crippen LogP contribution in [-0.2, 0) is 14.4 Å². The number of Topliss-reactive ketones (excluding diaryl/α,β-unsaturated/α-hetero) is 1. The van der Waals surface area contributed by atoms with E-state index in [1.54, 1.807) is 0 Å². The van der Waals surface area contributed by atoms with Crippen molar-refractivity contribution in [2.75, 3.05) is 0 Å². The van der Waals surface area contributed by atoms with Crippen molar-refractivity contribution in [3.05, 3.63) is 35.5 Å². The molecule has 1 saturated heterocycles. The van der Waals surface area contributed by atoms with E-state index in [1.165, 1.54) is 0 Å². The average Bonchev–Trinajstić information content (AvgIpc) is 2.62. The first-order valence-corrected chi connectivity index (χ1v) is 10.5. The summed E-state index contributed by atoms with van der Waals surface area (Å²) < 4.78 is 0. The highest BCUT2D eigenvalue weighted by molar-refractivity contribution is 5.99. The minimum Gasteiger partial charge on any atom is -0.300 e. The van der Waals surface area contributed by atoms with E-state index in [0.717, 1.165) is 48.8 Å². The summed E-state index contributed by atoms with van der Waals surface area (Å²) in [6, 6.07) is 0. The van der Waals surface area contributed by atoms with Gasteiger partial charge in [-0.2, -0.15) is 0 Å². The Labute approximate surface area is 171 Å². The summed E-state index contributed by atoms with van der Waals surface area (Å²) in [7, 11) is 0. The lowest BCUT2D eigenvalue weighted by molar-refractivity contribution is -0.135. The van der Waals surface area contributed by atoms with Gasteiger partial charge in [0, 0.05) is 19.3 Å². The van der Waals surface area contributed by atoms with Gasteiger partial charge in [0.2, 0.25) is 11.8 Å². The molecule has 1 unspecified atom stereocenters. The lowest BCUT2D eigenvalue weighted by atomic mass is 9.88. The third kappa shape index (κ3) is 11.0. The number of hydrogen-bond donors (Lipinski definition) is 1. The molecule has 1 rings (SSSR count). The molecule has 0 spiro atoms. The maximum absolute atomic E-state index is 11.8. The molecule has 0 aromatic carbocycles. The van der Waals surface area contributed by atoms with Gasteiger partial charge in [0.25, 0.3) is 0 Å². The fourth-order valence-corrected chi connectivity index (χ4v) is 2.76. The van der Waals surface area contributed by atoms with Crippen LogP contribution in [-0.4, -0.2) is 17.6 Å². The van der Waals surface area contributed by atoms with Gasteiger partial charge in [-0.15, -0.1) is 0 Å². The molecule has 0 aliphatic carbocycles. The molecule has 1 N–H and O–H groups in total. The number of nitrogens with one attached hydrogen (secondary N) is 1. The Morgan fingerprint density at radius 1 is 1.18 bits per heavy atom. The number of carbonyl (C=O) groups is 3. The van der Waals surface area contributed by atoms with E-state index >= 15 is 0 Å². The molecule has 158 valence electrons. The van der Waals surface area contributed by atoms with Gasteiger partial charge in [-0.1, -0.05) is 57.6 Å². The Kier molecular flexibility index (Phi) is 13.1.